The van der Waals surface area contributed by atoms with Gasteiger partial charge in [0.25, 0.3) is 0 Å². The quantitative estimate of drug-likeness (QED) is 0.744. The van der Waals surface area contributed by atoms with Gasteiger partial charge >= 0.3 is 0 Å². The van der Waals surface area contributed by atoms with Crippen molar-refractivity contribution >= 4 is 11.6 Å². The molecule has 0 atom stereocenters. The number of amides is 1. The lowest BCUT2D eigenvalue weighted by atomic mass is 10.1. The molecular weight excluding hydrogens is 224 g/mol. The molecule has 18 heavy (non-hydrogen) atoms. The van der Waals surface area contributed by atoms with Crippen LogP contribution in [0.1, 0.15) is 11.1 Å². The summed E-state index contributed by atoms with van der Waals surface area (Å²) >= 11 is 0. The Morgan fingerprint density at radius 3 is 2.39 bits per heavy atom. The van der Waals surface area contributed by atoms with E-state index < -0.39 is 0 Å². The molecule has 0 unspecified atom stereocenters. The van der Waals surface area contributed by atoms with Crippen LogP contribution in [0.2, 0.25) is 0 Å². The molecule has 96 valence electrons. The van der Waals surface area contributed by atoms with Gasteiger partial charge in [-0.3, -0.25) is 4.79 Å². The van der Waals surface area contributed by atoms with Crippen molar-refractivity contribution in [1.29, 1.82) is 0 Å². The molecule has 0 N–H and O–H groups in total. The molecule has 3 nitrogen and oxygen atoms in total. The molecule has 0 radical (unpaired) electrons. The van der Waals surface area contributed by atoms with E-state index in [1.807, 2.05) is 4.90 Å². The van der Waals surface area contributed by atoms with Crippen LogP contribution >= 0.6 is 0 Å². The molecule has 0 bridgehead atoms. The van der Waals surface area contributed by atoms with Gasteiger partial charge in [0.1, 0.15) is 0 Å². The van der Waals surface area contributed by atoms with Crippen LogP contribution in [0.5, 0.6) is 0 Å². The van der Waals surface area contributed by atoms with Crippen molar-refractivity contribution in [2.24, 2.45) is 0 Å². The van der Waals surface area contributed by atoms with Gasteiger partial charge in [0.15, 0.2) is 0 Å². The Labute approximate surface area is 109 Å². The third-order valence-electron chi connectivity index (χ3n) is 3.62. The molecule has 1 saturated heterocycles. The number of aryl methyl sites for hydroxylation is 2. The Balaban J connectivity index is 2.03. The van der Waals surface area contributed by atoms with Crippen LogP contribution < -0.4 is 4.90 Å². The summed E-state index contributed by atoms with van der Waals surface area (Å²) in [7, 11) is 0. The van der Waals surface area contributed by atoms with Crippen LogP contribution in [0, 0.1) is 13.8 Å². The summed E-state index contributed by atoms with van der Waals surface area (Å²) in [4.78, 5) is 15.7. The van der Waals surface area contributed by atoms with E-state index in [-0.39, 0.29) is 5.91 Å². The fraction of sp³-hybridized carbons (Fsp3) is 0.400. The second kappa shape index (κ2) is 5.25. The average Bonchev–Trinajstić information content (AvgIpc) is 2.41. The molecule has 2 rings (SSSR count). The molecule has 1 heterocycles. The van der Waals surface area contributed by atoms with Crippen LogP contribution in [-0.4, -0.2) is 37.0 Å². The predicted molar refractivity (Wildman–Crippen MR) is 74.9 cm³/mol. The van der Waals surface area contributed by atoms with Gasteiger partial charge < -0.3 is 9.80 Å². The van der Waals surface area contributed by atoms with E-state index in [4.69, 9.17) is 0 Å². The number of nitrogens with zero attached hydrogens (tertiary/aromatic N) is 2. The minimum Gasteiger partial charge on any atom is -0.368 e. The third kappa shape index (κ3) is 2.55. The molecule has 3 heteroatoms. The zero-order valence-electron chi connectivity index (χ0n) is 11.1. The lowest BCUT2D eigenvalue weighted by Crippen LogP contribution is -2.48. The van der Waals surface area contributed by atoms with E-state index in [0.717, 1.165) is 26.2 Å². The van der Waals surface area contributed by atoms with Gasteiger partial charge in [-0.1, -0.05) is 12.6 Å². The van der Waals surface area contributed by atoms with E-state index in [1.165, 1.54) is 22.9 Å². The molecule has 1 fully saturated rings. The number of anilines is 1. The van der Waals surface area contributed by atoms with E-state index in [9.17, 15) is 4.79 Å². The maximum absolute atomic E-state index is 11.5. The number of carbonyl (C=O) groups is 1. The summed E-state index contributed by atoms with van der Waals surface area (Å²) in [5.74, 6) is 0.0368. The topological polar surface area (TPSA) is 23.6 Å². The van der Waals surface area contributed by atoms with Crippen molar-refractivity contribution in [1.82, 2.24) is 4.90 Å². The van der Waals surface area contributed by atoms with Crippen molar-refractivity contribution in [2.75, 3.05) is 31.1 Å². The highest BCUT2D eigenvalue weighted by atomic mass is 16.2. The zero-order valence-corrected chi connectivity index (χ0v) is 11.1. The minimum absolute atomic E-state index is 0.0368. The Bertz CT molecular complexity index is 460. The molecule has 1 aliphatic rings. The molecular formula is C15H20N2O. The number of carbonyl (C=O) groups excluding carboxylic acids is 1. The van der Waals surface area contributed by atoms with Crippen molar-refractivity contribution in [3.8, 4) is 0 Å². The summed E-state index contributed by atoms with van der Waals surface area (Å²) in [5.41, 5.74) is 3.89. The average molecular weight is 244 g/mol. The Kier molecular flexibility index (Phi) is 3.70. The largest absolute Gasteiger partial charge is 0.368 e. The van der Waals surface area contributed by atoms with Crippen LogP contribution in [0.3, 0.4) is 0 Å². The number of piperazine rings is 1. The first-order chi connectivity index (χ1) is 8.61. The van der Waals surface area contributed by atoms with Crippen LogP contribution in [0.4, 0.5) is 5.69 Å². The number of rotatable bonds is 2. The van der Waals surface area contributed by atoms with Crippen LogP contribution in [0.25, 0.3) is 0 Å². The third-order valence-corrected chi connectivity index (χ3v) is 3.62. The molecule has 0 aliphatic carbocycles. The normalized spacial score (nSPS) is 15.7. The van der Waals surface area contributed by atoms with Gasteiger partial charge in [-0.15, -0.1) is 0 Å². The highest BCUT2D eigenvalue weighted by Crippen LogP contribution is 2.20. The summed E-state index contributed by atoms with van der Waals surface area (Å²) in [6.45, 7) is 11.1. The smallest absolute Gasteiger partial charge is 0.246 e. The standard InChI is InChI=1S/C15H20N2O/c1-4-15(18)17-9-7-16(8-10-17)14-6-5-12(2)13(3)11-14/h4-6,11H,1,7-10H2,2-3H3. The van der Waals surface area contributed by atoms with Gasteiger partial charge in [0, 0.05) is 31.9 Å². The van der Waals surface area contributed by atoms with Crippen molar-refractivity contribution in [2.45, 2.75) is 13.8 Å². The van der Waals surface area contributed by atoms with Crippen molar-refractivity contribution in [3.63, 3.8) is 0 Å². The van der Waals surface area contributed by atoms with Gasteiger partial charge in [-0.2, -0.15) is 0 Å². The van der Waals surface area contributed by atoms with E-state index >= 15 is 0 Å². The van der Waals surface area contributed by atoms with Crippen molar-refractivity contribution < 1.29 is 4.79 Å². The SMILES string of the molecule is C=CC(=O)N1CCN(c2ccc(C)c(C)c2)CC1. The summed E-state index contributed by atoms with van der Waals surface area (Å²) in [5, 5.41) is 0. The van der Waals surface area contributed by atoms with Crippen molar-refractivity contribution in [3.05, 3.63) is 42.0 Å². The fourth-order valence-corrected chi connectivity index (χ4v) is 2.24. The van der Waals surface area contributed by atoms with Gasteiger partial charge in [0.05, 0.1) is 0 Å². The lowest BCUT2D eigenvalue weighted by molar-refractivity contribution is -0.126. The highest BCUT2D eigenvalue weighted by Gasteiger charge is 2.19. The second-order valence-corrected chi connectivity index (χ2v) is 4.79. The Morgan fingerprint density at radius 2 is 1.83 bits per heavy atom. The van der Waals surface area contributed by atoms with Gasteiger partial charge in [-0.05, 0) is 43.2 Å². The first-order valence-electron chi connectivity index (χ1n) is 6.35. The number of hydrogen-bond donors (Lipinski definition) is 0. The Hall–Kier alpha value is -1.77. The fourth-order valence-electron chi connectivity index (χ4n) is 2.24. The van der Waals surface area contributed by atoms with Gasteiger partial charge in [-0.25, -0.2) is 0 Å². The van der Waals surface area contributed by atoms with Gasteiger partial charge in [0.2, 0.25) is 5.91 Å². The second-order valence-electron chi connectivity index (χ2n) is 4.79. The molecule has 1 aromatic rings. The first-order valence-corrected chi connectivity index (χ1v) is 6.35. The molecule has 1 amide bonds. The maximum Gasteiger partial charge on any atom is 0.246 e. The van der Waals surface area contributed by atoms with Crippen LogP contribution in [-0.2, 0) is 4.79 Å². The maximum atomic E-state index is 11.5. The highest BCUT2D eigenvalue weighted by molar-refractivity contribution is 5.87. The molecule has 0 aromatic heterocycles. The molecule has 0 saturated carbocycles. The zero-order chi connectivity index (χ0) is 13.1. The number of hydrogen-bond acceptors (Lipinski definition) is 2. The number of benzene rings is 1. The predicted octanol–water partition coefficient (Wildman–Crippen LogP) is 2.14. The monoisotopic (exact) mass is 244 g/mol. The summed E-state index contributed by atoms with van der Waals surface area (Å²) in [6, 6.07) is 6.54. The molecule has 1 aromatic carbocycles. The molecule has 0 spiro atoms. The minimum atomic E-state index is 0.0368. The Morgan fingerprint density at radius 1 is 1.17 bits per heavy atom. The molecule has 1 aliphatic heterocycles. The van der Waals surface area contributed by atoms with Crippen LogP contribution in [0.15, 0.2) is 30.9 Å². The van der Waals surface area contributed by atoms with E-state index in [0.29, 0.717) is 0 Å². The van der Waals surface area contributed by atoms with E-state index in [2.05, 4.69) is 43.5 Å². The summed E-state index contributed by atoms with van der Waals surface area (Å²) < 4.78 is 0. The first kappa shape index (κ1) is 12.7. The lowest BCUT2D eigenvalue weighted by Gasteiger charge is -2.35. The van der Waals surface area contributed by atoms with E-state index in [1.54, 1.807) is 0 Å². The summed E-state index contributed by atoms with van der Waals surface area (Å²) in [6.07, 6.45) is 1.39.